The van der Waals surface area contributed by atoms with Crippen molar-refractivity contribution >= 4 is 15.9 Å². The summed E-state index contributed by atoms with van der Waals surface area (Å²) < 4.78 is 47.1. The molecular formula is C7H6BrF2N. The average Bonchev–Trinajstić information content (AvgIpc) is 2.06. The van der Waals surface area contributed by atoms with Crippen molar-refractivity contribution in [2.24, 2.45) is 0 Å². The fourth-order valence-electron chi connectivity index (χ4n) is 0.566. The first kappa shape index (κ1) is 5.19. The Balaban J connectivity index is 3.49. The largest absolute Gasteiger partial charge is 0.288 e. The maximum Gasteiger partial charge on any atom is 0.288 e. The molecular weight excluding hydrogens is 216 g/mol. The molecule has 1 nitrogen and oxygen atoms in total. The van der Waals surface area contributed by atoms with Crippen LogP contribution >= 0.6 is 15.9 Å². The lowest BCUT2D eigenvalue weighted by molar-refractivity contribution is 0.0119. The van der Waals surface area contributed by atoms with Crippen molar-refractivity contribution in [2.45, 2.75) is 12.8 Å². The maximum atomic E-state index is 12.9. The fourth-order valence-corrected chi connectivity index (χ4v) is 1.10. The van der Waals surface area contributed by atoms with Crippen molar-refractivity contribution in [3.8, 4) is 0 Å². The molecule has 0 aliphatic rings. The molecule has 0 aromatic carbocycles. The third-order valence-corrected chi connectivity index (χ3v) is 1.59. The molecule has 0 bridgehead atoms. The summed E-state index contributed by atoms with van der Waals surface area (Å²) in [5.41, 5.74) is -0.677. The summed E-state index contributed by atoms with van der Waals surface area (Å²) in [6, 6.07) is -0.911. The summed E-state index contributed by atoms with van der Waals surface area (Å²) in [6.07, 6.45) is -0.616. The number of pyridine rings is 1. The van der Waals surface area contributed by atoms with Crippen LogP contribution in [0.15, 0.2) is 22.7 Å². The van der Waals surface area contributed by atoms with Gasteiger partial charge < -0.3 is 0 Å². The van der Waals surface area contributed by atoms with Gasteiger partial charge in [-0.1, -0.05) is 0 Å². The molecule has 0 atom stereocenters. The van der Waals surface area contributed by atoms with Crippen molar-refractivity contribution in [2.75, 3.05) is 0 Å². The molecule has 0 amide bonds. The van der Waals surface area contributed by atoms with E-state index in [2.05, 4.69) is 20.9 Å². The van der Waals surface area contributed by atoms with Crippen LogP contribution in [0.3, 0.4) is 0 Å². The number of hydrogen-bond donors (Lipinski definition) is 0. The monoisotopic (exact) mass is 224 g/mol. The Hall–Kier alpha value is -0.510. The average molecular weight is 225 g/mol. The zero-order valence-electron chi connectivity index (χ0n) is 8.58. The first-order chi connectivity index (χ1) is 6.25. The van der Waals surface area contributed by atoms with E-state index >= 15 is 0 Å². The molecule has 11 heavy (non-hydrogen) atoms. The maximum absolute atomic E-state index is 12.9. The van der Waals surface area contributed by atoms with Crippen LogP contribution in [-0.2, 0) is 5.92 Å². The van der Waals surface area contributed by atoms with Gasteiger partial charge in [-0.25, -0.2) is 0 Å². The molecule has 0 aliphatic heterocycles. The third-order valence-electron chi connectivity index (χ3n) is 1.02. The van der Waals surface area contributed by atoms with Crippen LogP contribution in [0.1, 0.15) is 16.7 Å². The van der Waals surface area contributed by atoms with Crippen molar-refractivity contribution in [1.29, 1.82) is 0 Å². The number of hydrogen-bond acceptors (Lipinski definition) is 1. The standard InChI is InChI=1S/C7H6BrF2N/c1-7(9,10)6-5(8)3-2-4-11-6/h2-4H,1H3/i2D,3D,4D. The van der Waals surface area contributed by atoms with Gasteiger partial charge in [-0.3, -0.25) is 4.98 Å². The van der Waals surface area contributed by atoms with Crippen LogP contribution in [0.2, 0.25) is 0 Å². The van der Waals surface area contributed by atoms with Gasteiger partial charge in [0.15, 0.2) is 0 Å². The van der Waals surface area contributed by atoms with Crippen molar-refractivity contribution in [3.63, 3.8) is 0 Å². The lowest BCUT2D eigenvalue weighted by atomic mass is 10.2. The first-order valence-corrected chi connectivity index (χ1v) is 3.56. The van der Waals surface area contributed by atoms with Crippen LogP contribution in [0.25, 0.3) is 0 Å². The van der Waals surface area contributed by atoms with E-state index in [0.717, 1.165) is 0 Å². The molecule has 1 rings (SSSR count). The Bertz CT molecular complexity index is 378. The van der Waals surface area contributed by atoms with E-state index in [0.29, 0.717) is 6.92 Å². The van der Waals surface area contributed by atoms with E-state index in [1.54, 1.807) is 0 Å². The van der Waals surface area contributed by atoms with Crippen LogP contribution in [0.5, 0.6) is 0 Å². The van der Waals surface area contributed by atoms with E-state index in [-0.39, 0.29) is 4.47 Å². The Morgan fingerprint density at radius 2 is 2.36 bits per heavy atom. The van der Waals surface area contributed by atoms with Gasteiger partial charge in [0.25, 0.3) is 5.92 Å². The highest BCUT2D eigenvalue weighted by Gasteiger charge is 2.28. The highest BCUT2D eigenvalue weighted by atomic mass is 79.9. The second kappa shape index (κ2) is 2.85. The van der Waals surface area contributed by atoms with Crippen LogP contribution in [0.4, 0.5) is 8.78 Å². The summed E-state index contributed by atoms with van der Waals surface area (Å²) in [4.78, 5) is 3.27. The van der Waals surface area contributed by atoms with Gasteiger partial charge in [0.05, 0.1) is 4.11 Å². The first-order valence-electron chi connectivity index (χ1n) is 4.26. The molecule has 0 unspecified atom stereocenters. The molecule has 1 aromatic heterocycles. The highest BCUT2D eigenvalue weighted by Crippen LogP contribution is 2.30. The highest BCUT2D eigenvalue weighted by molar-refractivity contribution is 9.10. The van der Waals surface area contributed by atoms with Gasteiger partial charge in [-0.2, -0.15) is 8.78 Å². The zero-order valence-corrected chi connectivity index (χ0v) is 7.17. The summed E-state index contributed by atoms with van der Waals surface area (Å²) in [5, 5.41) is 0. The van der Waals surface area contributed by atoms with Gasteiger partial charge >= 0.3 is 0 Å². The quantitative estimate of drug-likeness (QED) is 0.715. The van der Waals surface area contributed by atoms with E-state index < -0.39 is 29.9 Å². The lowest BCUT2D eigenvalue weighted by Crippen LogP contribution is -2.10. The molecule has 4 heteroatoms. The molecule has 0 saturated carbocycles. The number of alkyl halides is 2. The molecule has 0 spiro atoms. The smallest absolute Gasteiger partial charge is 0.254 e. The van der Waals surface area contributed by atoms with Crippen LogP contribution in [-0.4, -0.2) is 4.98 Å². The second-order valence-corrected chi connectivity index (χ2v) is 2.82. The van der Waals surface area contributed by atoms with Crippen molar-refractivity contribution < 1.29 is 12.9 Å². The predicted molar refractivity (Wildman–Crippen MR) is 41.5 cm³/mol. The molecule has 0 radical (unpaired) electrons. The minimum absolute atomic E-state index is 0.231. The molecule has 1 aromatic rings. The topological polar surface area (TPSA) is 12.9 Å². The molecule has 0 fully saturated rings. The summed E-state index contributed by atoms with van der Waals surface area (Å²) in [7, 11) is 0. The molecule has 1 heterocycles. The number of aromatic nitrogens is 1. The van der Waals surface area contributed by atoms with Gasteiger partial charge in [-0.05, 0) is 28.0 Å². The van der Waals surface area contributed by atoms with Crippen molar-refractivity contribution in [3.05, 3.63) is 28.4 Å². The SMILES string of the molecule is [2H]c1nc(C(C)(F)F)c(Br)c([2H])c1[2H]. The summed E-state index contributed by atoms with van der Waals surface area (Å²) in [6.45, 7) is 0.628. The number of rotatable bonds is 1. The van der Waals surface area contributed by atoms with E-state index in [9.17, 15) is 8.78 Å². The van der Waals surface area contributed by atoms with Gasteiger partial charge in [0.2, 0.25) is 0 Å². The lowest BCUT2D eigenvalue weighted by Gasteiger charge is -2.09. The molecule has 0 N–H and O–H groups in total. The normalized spacial score (nSPS) is 15.5. The van der Waals surface area contributed by atoms with E-state index in [1.807, 2.05) is 0 Å². The molecule has 0 aliphatic carbocycles. The predicted octanol–water partition coefficient (Wildman–Crippen LogP) is 2.96. The fraction of sp³-hybridized carbons (Fsp3) is 0.286. The van der Waals surface area contributed by atoms with Gasteiger partial charge in [0.1, 0.15) is 5.69 Å². The Morgan fingerprint density at radius 3 is 2.91 bits per heavy atom. The Labute approximate surface area is 75.8 Å². The zero-order chi connectivity index (χ0) is 11.1. The minimum atomic E-state index is -3.22. The minimum Gasteiger partial charge on any atom is -0.254 e. The van der Waals surface area contributed by atoms with Crippen LogP contribution in [0, 0.1) is 0 Å². The molecule has 0 saturated heterocycles. The molecule has 60 valence electrons. The Kier molecular flexibility index (Phi) is 1.35. The van der Waals surface area contributed by atoms with E-state index in [1.165, 1.54) is 0 Å². The van der Waals surface area contributed by atoms with Crippen LogP contribution < -0.4 is 0 Å². The summed E-state index contributed by atoms with van der Waals surface area (Å²) in [5.74, 6) is -3.22. The Morgan fingerprint density at radius 1 is 1.73 bits per heavy atom. The van der Waals surface area contributed by atoms with E-state index in [4.69, 9.17) is 4.11 Å². The number of halogens is 3. The number of nitrogens with zero attached hydrogens (tertiary/aromatic N) is 1. The third kappa shape index (κ3) is 1.96. The van der Waals surface area contributed by atoms with Gasteiger partial charge in [0, 0.05) is 17.6 Å². The summed E-state index contributed by atoms with van der Waals surface area (Å²) >= 11 is 2.77. The van der Waals surface area contributed by atoms with Gasteiger partial charge in [-0.15, -0.1) is 0 Å². The van der Waals surface area contributed by atoms with Crippen molar-refractivity contribution in [1.82, 2.24) is 4.98 Å². The second-order valence-electron chi connectivity index (χ2n) is 2.02.